The number of hydrogen-bond acceptors (Lipinski definition) is 8. The van der Waals surface area contributed by atoms with Gasteiger partial charge in [-0.15, -0.1) is 0 Å². The Kier molecular flexibility index (Phi) is 6.99. The van der Waals surface area contributed by atoms with Gasteiger partial charge >= 0.3 is 12.2 Å². The molecule has 0 saturated carbocycles. The molecule has 0 bridgehead atoms. The van der Waals surface area contributed by atoms with Crippen LogP contribution in [-0.4, -0.2) is 34.4 Å². The second-order valence-corrected chi connectivity index (χ2v) is 8.34. The lowest BCUT2D eigenvalue weighted by atomic mass is 9.89. The number of ether oxygens (including phenoxy) is 2. The van der Waals surface area contributed by atoms with Crippen molar-refractivity contribution in [3.8, 4) is 23.1 Å². The number of anilines is 2. The maximum atomic E-state index is 13.2. The molecular weight excluding hydrogens is 519 g/mol. The molecule has 14 heteroatoms. The maximum Gasteiger partial charge on any atom is 0.401 e. The molecule has 4 rings (SSSR count). The lowest BCUT2D eigenvalue weighted by molar-refractivity contribution is -0.185. The molecule has 0 saturated heterocycles. The van der Waals surface area contributed by atoms with E-state index in [-0.39, 0.29) is 17.4 Å². The van der Waals surface area contributed by atoms with E-state index in [1.54, 1.807) is 30.3 Å². The number of alkyl halides is 3. The highest BCUT2D eigenvalue weighted by molar-refractivity contribution is 6.09. The van der Waals surface area contributed by atoms with E-state index in [0.29, 0.717) is 28.1 Å². The number of carbonyl (C=O) groups is 1. The van der Waals surface area contributed by atoms with Crippen LogP contribution in [0, 0.1) is 0 Å². The molecule has 2 aromatic carbocycles. The van der Waals surface area contributed by atoms with E-state index in [2.05, 4.69) is 25.8 Å². The lowest BCUT2D eigenvalue weighted by Gasteiger charge is -2.24. The highest BCUT2D eigenvalue weighted by Crippen LogP contribution is 2.41. The third kappa shape index (κ3) is 5.45. The van der Waals surface area contributed by atoms with Gasteiger partial charge in [0.2, 0.25) is 5.88 Å². The van der Waals surface area contributed by atoms with E-state index in [0.717, 1.165) is 19.9 Å². The minimum Gasteiger partial charge on any atom is -0.493 e. The Balaban J connectivity index is 1.48. The van der Waals surface area contributed by atoms with Crippen molar-refractivity contribution in [1.82, 2.24) is 15.1 Å². The van der Waals surface area contributed by atoms with Gasteiger partial charge < -0.3 is 23.6 Å². The maximum absolute atomic E-state index is 13.2. The summed E-state index contributed by atoms with van der Waals surface area (Å²) in [6, 6.07) is 9.77. The first-order valence-corrected chi connectivity index (χ1v) is 10.8. The van der Waals surface area contributed by atoms with Crippen LogP contribution in [0.5, 0.6) is 23.1 Å². The van der Waals surface area contributed by atoms with E-state index >= 15 is 0 Å². The average Bonchev–Trinajstić information content (AvgIpc) is 3.32. The van der Waals surface area contributed by atoms with E-state index < -0.39 is 23.4 Å². The number of nitrogens with one attached hydrogen (secondary N) is 2. The van der Waals surface area contributed by atoms with Gasteiger partial charge in [-0.3, -0.25) is 5.32 Å². The van der Waals surface area contributed by atoms with Crippen molar-refractivity contribution >= 4 is 40.3 Å². The van der Waals surface area contributed by atoms with E-state index in [9.17, 15) is 18.0 Å². The number of fused-ring (bicyclic) bond motifs is 1. The molecule has 0 aliphatic heterocycles. The number of rotatable bonds is 7. The molecule has 0 aliphatic rings. The first-order valence-electron chi connectivity index (χ1n) is 10.5. The predicted octanol–water partition coefficient (Wildman–Crippen LogP) is 6.44. The normalized spacial score (nSPS) is 11.8. The van der Waals surface area contributed by atoms with Crippen LogP contribution in [0.3, 0.4) is 0 Å². The van der Waals surface area contributed by atoms with Crippen molar-refractivity contribution in [2.45, 2.75) is 25.4 Å². The van der Waals surface area contributed by atoms with Gasteiger partial charge in [0.25, 0.3) is 0 Å². The zero-order valence-electron chi connectivity index (χ0n) is 19.5. The summed E-state index contributed by atoms with van der Waals surface area (Å²) in [4.78, 5) is 20.7. The van der Waals surface area contributed by atoms with Crippen LogP contribution in [0.2, 0.25) is 0 Å². The van der Waals surface area contributed by atoms with Gasteiger partial charge in [-0.25, -0.2) is 14.8 Å². The quantitative estimate of drug-likeness (QED) is 0.276. The van der Waals surface area contributed by atoms with Crippen molar-refractivity contribution in [1.29, 1.82) is 0 Å². The smallest absolute Gasteiger partial charge is 0.401 e. The molecule has 2 N–H and O–H groups in total. The second-order valence-electron chi connectivity index (χ2n) is 8.18. The summed E-state index contributed by atoms with van der Waals surface area (Å²) in [5.74, 6) is 0.505. The lowest BCUT2D eigenvalue weighted by Crippen LogP contribution is -2.35. The zero-order valence-corrected chi connectivity index (χ0v) is 20.3. The van der Waals surface area contributed by atoms with Crippen molar-refractivity contribution in [2.75, 3.05) is 17.7 Å². The Morgan fingerprint density at radius 2 is 1.84 bits per heavy atom. The van der Waals surface area contributed by atoms with Gasteiger partial charge in [-0.1, -0.05) is 11.2 Å². The summed E-state index contributed by atoms with van der Waals surface area (Å²) in [6.07, 6.45) is -3.27. The van der Waals surface area contributed by atoms with Crippen LogP contribution >= 0.6 is 11.9 Å². The number of carbonyl (C=O) groups excluding carboxylic acids is 1. The molecule has 0 unspecified atom stereocenters. The fourth-order valence-electron chi connectivity index (χ4n) is 3.14. The van der Waals surface area contributed by atoms with Crippen LogP contribution in [0.4, 0.5) is 29.5 Å². The van der Waals surface area contributed by atoms with Crippen molar-refractivity contribution in [3.63, 3.8) is 0 Å². The third-order valence-corrected chi connectivity index (χ3v) is 5.52. The number of benzene rings is 2. The van der Waals surface area contributed by atoms with Crippen LogP contribution < -0.4 is 24.4 Å². The SMILES string of the molecule is COc1cc2c(Oc3cccc(NC(=O)Nc4cc(C(C)(C)C(F)(F)F)on4)c3)ncnc2cc1OCl. The largest absolute Gasteiger partial charge is 0.493 e. The van der Waals surface area contributed by atoms with Gasteiger partial charge in [-0.05, 0) is 32.0 Å². The Hall–Kier alpha value is -4.26. The fraction of sp³-hybridized carbons (Fsp3) is 0.217. The highest BCUT2D eigenvalue weighted by Gasteiger charge is 2.51. The van der Waals surface area contributed by atoms with Crippen molar-refractivity contribution in [2.24, 2.45) is 0 Å². The fourth-order valence-corrected chi connectivity index (χ4v) is 3.26. The monoisotopic (exact) mass is 537 g/mol. The first kappa shape index (κ1) is 25.8. The van der Waals surface area contributed by atoms with Gasteiger partial charge in [0, 0.05) is 23.9 Å². The highest BCUT2D eigenvalue weighted by atomic mass is 35.5. The molecule has 37 heavy (non-hydrogen) atoms. The molecule has 0 fully saturated rings. The number of halogens is 4. The molecule has 2 aromatic heterocycles. The molecule has 2 heterocycles. The molecule has 10 nitrogen and oxygen atoms in total. The van der Waals surface area contributed by atoms with Gasteiger partial charge in [0.05, 0.1) is 18.0 Å². The molecule has 194 valence electrons. The van der Waals surface area contributed by atoms with Crippen LogP contribution in [0.25, 0.3) is 10.9 Å². The van der Waals surface area contributed by atoms with Crippen molar-refractivity contribution < 1.29 is 36.3 Å². The minimum atomic E-state index is -4.56. The number of methoxy groups -OCH3 is 1. The average molecular weight is 538 g/mol. The van der Waals surface area contributed by atoms with Crippen LogP contribution in [0.1, 0.15) is 19.6 Å². The van der Waals surface area contributed by atoms with Gasteiger partial charge in [-0.2, -0.15) is 13.2 Å². The van der Waals surface area contributed by atoms with Crippen molar-refractivity contribution in [3.05, 3.63) is 54.6 Å². The molecule has 0 aliphatic carbocycles. The standard InChI is InChI=1S/C23H19ClF3N5O5/c1-22(2,23(25,26)27)18-10-19(32-37-18)31-21(33)30-12-5-4-6-13(7-12)35-20-14-8-16(34-3)17(36-24)9-15(14)28-11-29-20/h4-11H,1-3H3,(H2,30,31,32,33). The molecule has 0 spiro atoms. The van der Waals surface area contributed by atoms with Gasteiger partial charge in [0.1, 0.15) is 29.4 Å². The molecule has 2 amide bonds. The molecule has 4 aromatic rings. The van der Waals surface area contributed by atoms with E-state index in [1.807, 2.05) is 0 Å². The van der Waals surface area contributed by atoms with E-state index in [1.165, 1.54) is 19.5 Å². The Morgan fingerprint density at radius 3 is 2.54 bits per heavy atom. The van der Waals surface area contributed by atoms with E-state index in [4.69, 9.17) is 30.2 Å². The Morgan fingerprint density at radius 1 is 1.05 bits per heavy atom. The molecule has 0 radical (unpaired) electrons. The summed E-state index contributed by atoms with van der Waals surface area (Å²) in [7, 11) is 1.45. The molecular formula is C23H19ClF3N5O5. The summed E-state index contributed by atoms with van der Waals surface area (Å²) in [6.45, 7) is 1.90. The third-order valence-electron chi connectivity index (χ3n) is 5.35. The second kappa shape index (κ2) is 10.0. The Bertz CT molecular complexity index is 1440. The molecule has 0 atom stereocenters. The van der Waals surface area contributed by atoms with Crippen LogP contribution in [0.15, 0.2) is 53.3 Å². The summed E-state index contributed by atoms with van der Waals surface area (Å²) in [5, 5.41) is 8.88. The predicted molar refractivity (Wildman–Crippen MR) is 127 cm³/mol. The minimum absolute atomic E-state index is 0.182. The zero-order chi connectivity index (χ0) is 26.8. The van der Waals surface area contributed by atoms with Gasteiger partial charge in [0.15, 0.2) is 23.1 Å². The number of hydrogen-bond donors (Lipinski definition) is 2. The first-order chi connectivity index (χ1) is 17.5. The summed E-state index contributed by atoms with van der Waals surface area (Å²) >= 11 is 5.48. The number of aromatic nitrogens is 3. The summed E-state index contributed by atoms with van der Waals surface area (Å²) < 4.78 is 60.3. The number of amides is 2. The topological polar surface area (TPSA) is 121 Å². The number of urea groups is 1. The summed E-state index contributed by atoms with van der Waals surface area (Å²) in [5.41, 5.74) is -1.48. The number of nitrogens with zero attached hydrogens (tertiary/aromatic N) is 3. The Labute approximate surface area is 212 Å². The van der Waals surface area contributed by atoms with Crippen LogP contribution in [-0.2, 0) is 5.41 Å².